The van der Waals surface area contributed by atoms with Gasteiger partial charge in [0.15, 0.2) is 11.4 Å². The largest absolute Gasteiger partial charge is 0.391 e. The molecule has 124 valence electrons. The van der Waals surface area contributed by atoms with Crippen molar-refractivity contribution in [3.63, 3.8) is 0 Å². The van der Waals surface area contributed by atoms with E-state index < -0.39 is 11.7 Å². The molecule has 6 heteroatoms. The molecule has 2 heterocycles. The van der Waals surface area contributed by atoms with Crippen LogP contribution < -0.4 is 10.5 Å². The van der Waals surface area contributed by atoms with Gasteiger partial charge in [0.2, 0.25) is 0 Å². The first-order valence-electron chi connectivity index (χ1n) is 8.09. The van der Waals surface area contributed by atoms with Crippen molar-refractivity contribution in [2.75, 3.05) is 18.0 Å². The first-order chi connectivity index (χ1) is 11.6. The summed E-state index contributed by atoms with van der Waals surface area (Å²) in [6.07, 6.45) is 1.59. The molecule has 0 aliphatic carbocycles. The van der Waals surface area contributed by atoms with Crippen molar-refractivity contribution in [2.45, 2.75) is 32.3 Å². The molecule has 6 nitrogen and oxygen atoms in total. The van der Waals surface area contributed by atoms with Crippen molar-refractivity contribution >= 4 is 5.82 Å². The van der Waals surface area contributed by atoms with E-state index >= 15 is 0 Å². The molecule has 1 aromatic heterocycles. The second-order valence-electron chi connectivity index (χ2n) is 6.17. The van der Waals surface area contributed by atoms with Crippen molar-refractivity contribution in [1.29, 1.82) is 5.26 Å². The average Bonchev–Trinajstić information content (AvgIpc) is 2.56. The number of aromatic nitrogens is 2. The number of aliphatic hydroxyl groups excluding tert-OH is 1. The first kappa shape index (κ1) is 16.2. The number of hydrogen-bond donors (Lipinski definition) is 2. The quantitative estimate of drug-likeness (QED) is 0.892. The van der Waals surface area contributed by atoms with E-state index in [1.807, 2.05) is 42.2 Å². The minimum absolute atomic E-state index is 0.0117. The third kappa shape index (κ3) is 3.31. The summed E-state index contributed by atoms with van der Waals surface area (Å²) in [5.41, 5.74) is 1.79. The van der Waals surface area contributed by atoms with Gasteiger partial charge in [0.1, 0.15) is 11.9 Å². The lowest BCUT2D eigenvalue weighted by Crippen LogP contribution is -2.40. The number of piperidine rings is 1. The van der Waals surface area contributed by atoms with E-state index in [9.17, 15) is 15.2 Å². The van der Waals surface area contributed by atoms with Crippen LogP contribution >= 0.6 is 0 Å². The van der Waals surface area contributed by atoms with E-state index in [-0.39, 0.29) is 5.56 Å². The number of nitriles is 1. The van der Waals surface area contributed by atoms with Crippen molar-refractivity contribution in [3.8, 4) is 6.07 Å². The zero-order valence-corrected chi connectivity index (χ0v) is 13.6. The maximum atomic E-state index is 12.3. The molecule has 1 saturated heterocycles. The molecule has 1 aliphatic heterocycles. The molecule has 3 rings (SSSR count). The molecule has 0 spiro atoms. The fourth-order valence-corrected chi connectivity index (χ4v) is 3.06. The minimum Gasteiger partial charge on any atom is -0.391 e. The van der Waals surface area contributed by atoms with Gasteiger partial charge >= 0.3 is 0 Å². The fraction of sp³-hybridized carbons (Fsp3) is 0.389. The van der Waals surface area contributed by atoms with Crippen LogP contribution in [-0.2, 0) is 6.42 Å². The fourth-order valence-electron chi connectivity index (χ4n) is 3.06. The number of nitrogens with one attached hydrogen (secondary N) is 1. The minimum atomic E-state index is -0.453. The highest BCUT2D eigenvalue weighted by atomic mass is 16.3. The normalized spacial score (nSPS) is 17.5. The zero-order chi connectivity index (χ0) is 17.1. The highest BCUT2D eigenvalue weighted by Crippen LogP contribution is 2.21. The van der Waals surface area contributed by atoms with Gasteiger partial charge in [-0.3, -0.25) is 4.79 Å². The number of aromatic amines is 1. The number of hydrogen-bond acceptors (Lipinski definition) is 5. The van der Waals surface area contributed by atoms with Crippen LogP contribution in [0.15, 0.2) is 29.1 Å². The second-order valence-corrected chi connectivity index (χ2v) is 6.17. The van der Waals surface area contributed by atoms with E-state index in [2.05, 4.69) is 9.97 Å². The summed E-state index contributed by atoms with van der Waals surface area (Å²) in [5.74, 6) is 0.909. The van der Waals surface area contributed by atoms with E-state index in [0.717, 1.165) is 24.0 Å². The summed E-state index contributed by atoms with van der Waals surface area (Å²) < 4.78 is 0. The average molecular weight is 324 g/mol. The van der Waals surface area contributed by atoms with E-state index in [4.69, 9.17) is 0 Å². The van der Waals surface area contributed by atoms with Gasteiger partial charge in [0.25, 0.3) is 5.56 Å². The summed E-state index contributed by atoms with van der Waals surface area (Å²) in [4.78, 5) is 21.4. The van der Waals surface area contributed by atoms with Gasteiger partial charge in [-0.2, -0.15) is 5.26 Å². The van der Waals surface area contributed by atoms with E-state index in [1.165, 1.54) is 0 Å². The standard InChI is InChI=1S/C18H20N4O2/c1-12-5-2-3-6-13(12)9-16-20-17(15(10-19)18(24)21-16)22-8-4-7-14(23)11-22/h2-3,5-6,14,23H,4,7-9,11H2,1H3,(H,20,21,24). The molecule has 1 unspecified atom stereocenters. The van der Waals surface area contributed by atoms with Crippen LogP contribution in [0, 0.1) is 18.3 Å². The number of benzene rings is 1. The van der Waals surface area contributed by atoms with E-state index in [0.29, 0.717) is 31.2 Å². The van der Waals surface area contributed by atoms with Gasteiger partial charge in [0.05, 0.1) is 6.10 Å². The number of aliphatic hydroxyl groups is 1. The molecular weight excluding hydrogens is 304 g/mol. The molecule has 0 radical (unpaired) electrons. The van der Waals surface area contributed by atoms with Crippen molar-refractivity contribution in [3.05, 3.63) is 57.1 Å². The molecule has 1 aromatic carbocycles. The molecule has 1 fully saturated rings. The van der Waals surface area contributed by atoms with E-state index in [1.54, 1.807) is 0 Å². The Morgan fingerprint density at radius 1 is 1.46 bits per heavy atom. The Balaban J connectivity index is 1.99. The summed E-state index contributed by atoms with van der Waals surface area (Å²) in [7, 11) is 0. The summed E-state index contributed by atoms with van der Waals surface area (Å²) >= 11 is 0. The number of nitrogens with zero attached hydrogens (tertiary/aromatic N) is 3. The zero-order valence-electron chi connectivity index (χ0n) is 13.6. The molecule has 24 heavy (non-hydrogen) atoms. The number of aryl methyl sites for hydroxylation is 1. The monoisotopic (exact) mass is 324 g/mol. The Morgan fingerprint density at radius 3 is 2.96 bits per heavy atom. The molecule has 0 amide bonds. The Hall–Kier alpha value is -2.65. The third-order valence-electron chi connectivity index (χ3n) is 4.38. The maximum absolute atomic E-state index is 12.3. The molecular formula is C18H20N4O2. The van der Waals surface area contributed by atoms with Crippen LogP contribution in [0.25, 0.3) is 0 Å². The Labute approximate surface area is 140 Å². The smallest absolute Gasteiger partial charge is 0.271 e. The highest BCUT2D eigenvalue weighted by molar-refractivity contribution is 5.53. The van der Waals surface area contributed by atoms with Crippen LogP contribution in [0.4, 0.5) is 5.82 Å². The first-order valence-corrected chi connectivity index (χ1v) is 8.09. The predicted octanol–water partition coefficient (Wildman–Crippen LogP) is 1.50. The van der Waals surface area contributed by atoms with Gasteiger partial charge < -0.3 is 15.0 Å². The van der Waals surface area contributed by atoms with Crippen molar-refractivity contribution < 1.29 is 5.11 Å². The van der Waals surface area contributed by atoms with Crippen LogP contribution in [0.3, 0.4) is 0 Å². The molecule has 1 atom stereocenters. The summed E-state index contributed by atoms with van der Waals surface area (Å²) in [6.45, 7) is 3.10. The molecule has 2 aromatic rings. The van der Waals surface area contributed by atoms with Gasteiger partial charge in [-0.25, -0.2) is 4.98 Å². The third-order valence-corrected chi connectivity index (χ3v) is 4.38. The van der Waals surface area contributed by atoms with Gasteiger partial charge in [-0.1, -0.05) is 24.3 Å². The number of anilines is 1. The Morgan fingerprint density at radius 2 is 2.25 bits per heavy atom. The lowest BCUT2D eigenvalue weighted by Gasteiger charge is -2.31. The Kier molecular flexibility index (Phi) is 4.63. The highest BCUT2D eigenvalue weighted by Gasteiger charge is 2.23. The summed E-state index contributed by atoms with van der Waals surface area (Å²) in [5, 5.41) is 19.2. The number of H-pyrrole nitrogens is 1. The molecule has 2 N–H and O–H groups in total. The molecule has 0 saturated carbocycles. The molecule has 0 bridgehead atoms. The maximum Gasteiger partial charge on any atom is 0.271 e. The van der Waals surface area contributed by atoms with Crippen LogP contribution in [0.5, 0.6) is 0 Å². The lowest BCUT2D eigenvalue weighted by atomic mass is 10.1. The number of β-amino-alcohol motifs (C(OH)–C–C–N with tert-alkyl or cyclic N) is 1. The van der Waals surface area contributed by atoms with Crippen molar-refractivity contribution in [1.82, 2.24) is 9.97 Å². The van der Waals surface area contributed by atoms with Gasteiger partial charge in [0, 0.05) is 19.5 Å². The topological polar surface area (TPSA) is 93.0 Å². The SMILES string of the molecule is Cc1ccccc1Cc1nc(N2CCCC(O)C2)c(C#N)c(=O)[nH]1. The van der Waals surface area contributed by atoms with Crippen LogP contribution in [-0.4, -0.2) is 34.3 Å². The van der Waals surface area contributed by atoms with Gasteiger partial charge in [-0.05, 0) is 30.9 Å². The van der Waals surface area contributed by atoms with Crippen molar-refractivity contribution in [2.24, 2.45) is 0 Å². The Bertz CT molecular complexity index is 838. The van der Waals surface area contributed by atoms with Crippen LogP contribution in [0.1, 0.15) is 35.4 Å². The molecule has 1 aliphatic rings. The van der Waals surface area contributed by atoms with Crippen LogP contribution in [0.2, 0.25) is 0 Å². The predicted molar refractivity (Wildman–Crippen MR) is 91.0 cm³/mol. The lowest BCUT2D eigenvalue weighted by molar-refractivity contribution is 0.154. The summed E-state index contributed by atoms with van der Waals surface area (Å²) in [6, 6.07) is 9.88. The second kappa shape index (κ2) is 6.85. The number of rotatable bonds is 3. The van der Waals surface area contributed by atoms with Gasteiger partial charge in [-0.15, -0.1) is 0 Å².